The van der Waals surface area contributed by atoms with Crippen molar-refractivity contribution in [2.24, 2.45) is 0 Å². The quantitative estimate of drug-likeness (QED) is 0.680. The van der Waals surface area contributed by atoms with E-state index >= 15 is 0 Å². The van der Waals surface area contributed by atoms with E-state index in [1.54, 1.807) is 6.07 Å². The van der Waals surface area contributed by atoms with Gasteiger partial charge >= 0.3 is 0 Å². The summed E-state index contributed by atoms with van der Waals surface area (Å²) in [6.45, 7) is -0.845. The van der Waals surface area contributed by atoms with Crippen LogP contribution in [0.25, 0.3) is 0 Å². The van der Waals surface area contributed by atoms with Crippen LogP contribution in [0.3, 0.4) is 0 Å². The molecule has 0 bridgehead atoms. The second-order valence-electron chi connectivity index (χ2n) is 4.22. The summed E-state index contributed by atoms with van der Waals surface area (Å²) >= 11 is 0. The number of nitro groups is 1. The first kappa shape index (κ1) is 14.9. The fourth-order valence-electron chi connectivity index (χ4n) is 1.80. The largest absolute Gasteiger partial charge is 0.483 e. The van der Waals surface area contributed by atoms with E-state index in [4.69, 9.17) is 9.84 Å². The Kier molecular flexibility index (Phi) is 4.44. The summed E-state index contributed by atoms with van der Waals surface area (Å²) in [6, 6.07) is 7.65. The van der Waals surface area contributed by atoms with Crippen LogP contribution < -0.4 is 4.74 Å². The molecule has 0 aliphatic carbocycles. The average Bonchev–Trinajstić information content (AvgIpc) is 2.46. The molecule has 0 atom stereocenters. The maximum Gasteiger partial charge on any atom is 0.276 e. The summed E-state index contributed by atoms with van der Waals surface area (Å²) in [5.41, 5.74) is 0.0841. The second kappa shape index (κ2) is 6.27. The van der Waals surface area contributed by atoms with Crippen LogP contribution in [0.2, 0.25) is 0 Å². The molecule has 110 valence electrons. The van der Waals surface area contributed by atoms with Gasteiger partial charge in [-0.2, -0.15) is 0 Å². The zero-order valence-electron chi connectivity index (χ0n) is 10.8. The molecule has 7 heteroatoms. The first-order valence-corrected chi connectivity index (χ1v) is 5.96. The molecular formula is C14H11F2NO4. The van der Waals surface area contributed by atoms with Crippen molar-refractivity contribution in [2.75, 3.05) is 0 Å². The topological polar surface area (TPSA) is 72.6 Å². The van der Waals surface area contributed by atoms with E-state index in [0.29, 0.717) is 0 Å². The molecule has 0 spiro atoms. The number of halogens is 2. The van der Waals surface area contributed by atoms with E-state index in [2.05, 4.69) is 0 Å². The summed E-state index contributed by atoms with van der Waals surface area (Å²) in [4.78, 5) is 10.2. The van der Waals surface area contributed by atoms with Crippen LogP contribution in [0.4, 0.5) is 14.5 Å². The van der Waals surface area contributed by atoms with Gasteiger partial charge in [0.2, 0.25) is 0 Å². The highest BCUT2D eigenvalue weighted by Gasteiger charge is 2.16. The summed E-state index contributed by atoms with van der Waals surface area (Å²) in [5, 5.41) is 19.7. The van der Waals surface area contributed by atoms with Crippen molar-refractivity contribution in [3.63, 3.8) is 0 Å². The summed E-state index contributed by atoms with van der Waals surface area (Å²) in [5.74, 6) is -2.58. The number of hydrogen-bond acceptors (Lipinski definition) is 4. The molecule has 0 amide bonds. The van der Waals surface area contributed by atoms with Gasteiger partial charge in [0.25, 0.3) is 5.69 Å². The van der Waals surface area contributed by atoms with Crippen molar-refractivity contribution in [1.82, 2.24) is 0 Å². The monoisotopic (exact) mass is 295 g/mol. The van der Waals surface area contributed by atoms with Crippen molar-refractivity contribution in [1.29, 1.82) is 0 Å². The number of ether oxygens (including phenoxy) is 1. The summed E-state index contributed by atoms with van der Waals surface area (Å²) in [6.07, 6.45) is 0. The Balaban J connectivity index is 2.23. The SMILES string of the molecule is O=[N+]([O-])c1ccccc1COc1c(F)cc(CO)cc1F. The Labute approximate surface area is 118 Å². The molecule has 5 nitrogen and oxygen atoms in total. The second-order valence-corrected chi connectivity index (χ2v) is 4.22. The van der Waals surface area contributed by atoms with Crippen LogP contribution >= 0.6 is 0 Å². The van der Waals surface area contributed by atoms with E-state index < -0.39 is 28.9 Å². The van der Waals surface area contributed by atoms with Crippen molar-refractivity contribution in [3.8, 4) is 5.75 Å². The Morgan fingerprint density at radius 3 is 2.38 bits per heavy atom. The highest BCUT2D eigenvalue weighted by Crippen LogP contribution is 2.26. The van der Waals surface area contributed by atoms with E-state index in [0.717, 1.165) is 12.1 Å². The summed E-state index contributed by atoms with van der Waals surface area (Å²) in [7, 11) is 0. The Hall–Kier alpha value is -2.54. The van der Waals surface area contributed by atoms with E-state index in [-0.39, 0.29) is 23.4 Å². The maximum absolute atomic E-state index is 13.6. The van der Waals surface area contributed by atoms with Crippen LogP contribution in [0.1, 0.15) is 11.1 Å². The molecule has 2 rings (SSSR count). The van der Waals surface area contributed by atoms with E-state index in [9.17, 15) is 18.9 Å². The lowest BCUT2D eigenvalue weighted by atomic mass is 10.2. The average molecular weight is 295 g/mol. The lowest BCUT2D eigenvalue weighted by Gasteiger charge is -2.09. The van der Waals surface area contributed by atoms with Gasteiger partial charge in [-0.05, 0) is 23.8 Å². The molecule has 0 aromatic heterocycles. The van der Waals surface area contributed by atoms with Gasteiger partial charge < -0.3 is 9.84 Å². The fraction of sp³-hybridized carbons (Fsp3) is 0.143. The van der Waals surface area contributed by atoms with Gasteiger partial charge in [0.15, 0.2) is 17.4 Å². The van der Waals surface area contributed by atoms with Gasteiger partial charge in [0.05, 0.1) is 17.1 Å². The van der Waals surface area contributed by atoms with E-state index in [1.165, 1.54) is 18.2 Å². The van der Waals surface area contributed by atoms with Gasteiger partial charge in [0.1, 0.15) is 6.61 Å². The number of benzene rings is 2. The van der Waals surface area contributed by atoms with Gasteiger partial charge in [-0.15, -0.1) is 0 Å². The number of hydrogen-bond donors (Lipinski definition) is 1. The Morgan fingerprint density at radius 1 is 1.19 bits per heavy atom. The number of aliphatic hydroxyl groups is 1. The molecule has 0 saturated carbocycles. The minimum absolute atomic E-state index is 0.0723. The van der Waals surface area contributed by atoms with Crippen molar-refractivity contribution < 1.29 is 23.5 Å². The van der Waals surface area contributed by atoms with Gasteiger partial charge in [-0.3, -0.25) is 10.1 Å². The molecule has 21 heavy (non-hydrogen) atoms. The van der Waals surface area contributed by atoms with Crippen LogP contribution in [0, 0.1) is 21.7 Å². The normalized spacial score (nSPS) is 10.4. The molecule has 2 aromatic rings. The molecule has 0 saturated heterocycles. The summed E-state index contributed by atoms with van der Waals surface area (Å²) < 4.78 is 32.3. The molecule has 0 aliphatic rings. The first-order chi connectivity index (χ1) is 10.0. The van der Waals surface area contributed by atoms with Crippen LogP contribution in [0.15, 0.2) is 36.4 Å². The third kappa shape index (κ3) is 3.32. The maximum atomic E-state index is 13.6. The lowest BCUT2D eigenvalue weighted by molar-refractivity contribution is -0.385. The number of rotatable bonds is 5. The lowest BCUT2D eigenvalue weighted by Crippen LogP contribution is -2.03. The fourth-order valence-corrected chi connectivity index (χ4v) is 1.80. The number of aliphatic hydroxyl groups excluding tert-OH is 1. The number of nitrogens with zero attached hydrogens (tertiary/aromatic N) is 1. The van der Waals surface area contributed by atoms with Crippen LogP contribution in [0.5, 0.6) is 5.75 Å². The molecule has 0 radical (unpaired) electrons. The standard InChI is InChI=1S/C14H11F2NO4/c15-11-5-9(7-18)6-12(16)14(11)21-8-10-3-1-2-4-13(10)17(19)20/h1-6,18H,7-8H2. The Bertz CT molecular complexity index is 653. The number of nitro benzene ring substituents is 1. The van der Waals surface area contributed by atoms with Crippen LogP contribution in [-0.4, -0.2) is 10.0 Å². The molecule has 2 aromatic carbocycles. The zero-order valence-corrected chi connectivity index (χ0v) is 10.8. The molecule has 0 aliphatic heterocycles. The third-order valence-corrected chi connectivity index (χ3v) is 2.80. The highest BCUT2D eigenvalue weighted by molar-refractivity contribution is 5.40. The smallest absolute Gasteiger partial charge is 0.276 e. The predicted molar refractivity (Wildman–Crippen MR) is 69.7 cm³/mol. The number of para-hydroxylation sites is 1. The minimum Gasteiger partial charge on any atom is -0.483 e. The molecule has 1 N–H and O–H groups in total. The van der Waals surface area contributed by atoms with Crippen molar-refractivity contribution in [3.05, 3.63) is 69.3 Å². The van der Waals surface area contributed by atoms with Gasteiger partial charge in [-0.25, -0.2) is 8.78 Å². The third-order valence-electron chi connectivity index (χ3n) is 2.80. The van der Waals surface area contributed by atoms with Gasteiger partial charge in [-0.1, -0.05) is 12.1 Å². The molecule has 0 fully saturated rings. The highest BCUT2D eigenvalue weighted by atomic mass is 19.1. The zero-order chi connectivity index (χ0) is 15.4. The Morgan fingerprint density at radius 2 is 1.81 bits per heavy atom. The van der Waals surface area contributed by atoms with Crippen molar-refractivity contribution >= 4 is 5.69 Å². The molecular weight excluding hydrogens is 284 g/mol. The van der Waals surface area contributed by atoms with Crippen LogP contribution in [-0.2, 0) is 13.2 Å². The van der Waals surface area contributed by atoms with Gasteiger partial charge in [0, 0.05) is 6.07 Å². The predicted octanol–water partition coefficient (Wildman–Crippen LogP) is 2.94. The molecule has 0 heterocycles. The van der Waals surface area contributed by atoms with E-state index in [1.807, 2.05) is 0 Å². The van der Waals surface area contributed by atoms with Crippen molar-refractivity contribution in [2.45, 2.75) is 13.2 Å². The minimum atomic E-state index is -0.974. The molecule has 0 unspecified atom stereocenters. The first-order valence-electron chi connectivity index (χ1n) is 5.96.